The summed E-state index contributed by atoms with van der Waals surface area (Å²) in [5.41, 5.74) is 3.40. The van der Waals surface area contributed by atoms with Gasteiger partial charge in [0, 0.05) is 24.2 Å². The third-order valence-electron chi connectivity index (χ3n) is 2.88. The standard InChI is InChI=1S/C13H20N4S/c1-5-17-12(6-9(2)16-17)7-14-11(4)13-15-10(3)8-18-13/h6,8,11,14H,5,7H2,1-4H3. The maximum absolute atomic E-state index is 4.50. The molecule has 0 aliphatic rings. The van der Waals surface area contributed by atoms with Crippen molar-refractivity contribution >= 4 is 11.3 Å². The van der Waals surface area contributed by atoms with E-state index < -0.39 is 0 Å². The van der Waals surface area contributed by atoms with Gasteiger partial charge in [0.2, 0.25) is 0 Å². The Hall–Kier alpha value is -1.20. The minimum Gasteiger partial charge on any atom is -0.302 e. The van der Waals surface area contributed by atoms with E-state index in [0.717, 1.165) is 29.5 Å². The Labute approximate surface area is 112 Å². The molecule has 0 saturated carbocycles. The quantitative estimate of drug-likeness (QED) is 0.903. The van der Waals surface area contributed by atoms with Gasteiger partial charge in [-0.2, -0.15) is 5.10 Å². The first-order chi connectivity index (χ1) is 8.60. The summed E-state index contributed by atoms with van der Waals surface area (Å²) in [6.07, 6.45) is 0. The molecule has 98 valence electrons. The fourth-order valence-electron chi connectivity index (χ4n) is 1.93. The molecular weight excluding hydrogens is 244 g/mol. The Balaban J connectivity index is 1.98. The topological polar surface area (TPSA) is 42.7 Å². The van der Waals surface area contributed by atoms with Gasteiger partial charge in [-0.05, 0) is 33.8 Å². The average molecular weight is 264 g/mol. The number of thiazole rings is 1. The van der Waals surface area contributed by atoms with Gasteiger partial charge in [0.1, 0.15) is 5.01 Å². The van der Waals surface area contributed by atoms with Crippen LogP contribution in [-0.4, -0.2) is 14.8 Å². The van der Waals surface area contributed by atoms with Gasteiger partial charge in [-0.1, -0.05) is 0 Å². The fourth-order valence-corrected chi connectivity index (χ4v) is 2.76. The highest BCUT2D eigenvalue weighted by Crippen LogP contribution is 2.18. The van der Waals surface area contributed by atoms with Crippen molar-refractivity contribution in [3.05, 3.63) is 33.5 Å². The van der Waals surface area contributed by atoms with Crippen molar-refractivity contribution in [2.45, 2.75) is 46.8 Å². The van der Waals surface area contributed by atoms with Gasteiger partial charge >= 0.3 is 0 Å². The second-order valence-corrected chi connectivity index (χ2v) is 5.41. The van der Waals surface area contributed by atoms with E-state index in [2.05, 4.69) is 40.7 Å². The Kier molecular flexibility index (Phi) is 4.14. The van der Waals surface area contributed by atoms with E-state index in [-0.39, 0.29) is 6.04 Å². The second kappa shape index (κ2) is 5.63. The summed E-state index contributed by atoms with van der Waals surface area (Å²) in [5.74, 6) is 0. The first kappa shape index (κ1) is 13.2. The van der Waals surface area contributed by atoms with Crippen LogP contribution in [0.1, 0.15) is 42.0 Å². The molecule has 1 N–H and O–H groups in total. The van der Waals surface area contributed by atoms with Crippen molar-refractivity contribution in [3.8, 4) is 0 Å². The molecule has 2 aromatic rings. The van der Waals surface area contributed by atoms with E-state index >= 15 is 0 Å². The highest BCUT2D eigenvalue weighted by molar-refractivity contribution is 7.09. The number of nitrogens with one attached hydrogen (secondary N) is 1. The predicted molar refractivity (Wildman–Crippen MR) is 74.7 cm³/mol. The van der Waals surface area contributed by atoms with Gasteiger partial charge in [0.05, 0.1) is 17.4 Å². The minimum atomic E-state index is 0.282. The molecule has 0 fully saturated rings. The van der Waals surface area contributed by atoms with Crippen molar-refractivity contribution in [1.29, 1.82) is 0 Å². The molecule has 0 radical (unpaired) electrons. The lowest BCUT2D eigenvalue weighted by atomic mass is 10.3. The summed E-state index contributed by atoms with van der Waals surface area (Å²) in [4.78, 5) is 4.50. The number of hydrogen-bond acceptors (Lipinski definition) is 4. The molecule has 0 aliphatic carbocycles. The summed E-state index contributed by atoms with van der Waals surface area (Å²) in [7, 11) is 0. The largest absolute Gasteiger partial charge is 0.302 e. The lowest BCUT2D eigenvalue weighted by Gasteiger charge is -2.11. The molecule has 0 aliphatic heterocycles. The summed E-state index contributed by atoms with van der Waals surface area (Å²) < 4.78 is 2.04. The van der Waals surface area contributed by atoms with Crippen LogP contribution in [0.15, 0.2) is 11.4 Å². The van der Waals surface area contributed by atoms with Crippen LogP contribution in [0.25, 0.3) is 0 Å². The first-order valence-electron chi connectivity index (χ1n) is 6.29. The molecule has 2 heterocycles. The lowest BCUT2D eigenvalue weighted by molar-refractivity contribution is 0.529. The number of nitrogens with zero attached hydrogens (tertiary/aromatic N) is 3. The number of hydrogen-bond donors (Lipinski definition) is 1. The molecule has 4 nitrogen and oxygen atoms in total. The molecule has 0 saturated heterocycles. The van der Waals surface area contributed by atoms with E-state index in [1.807, 2.05) is 18.5 Å². The number of aryl methyl sites for hydroxylation is 3. The molecule has 2 aromatic heterocycles. The number of aromatic nitrogens is 3. The van der Waals surface area contributed by atoms with Crippen LogP contribution in [0.3, 0.4) is 0 Å². The van der Waals surface area contributed by atoms with Crippen LogP contribution in [-0.2, 0) is 13.1 Å². The summed E-state index contributed by atoms with van der Waals surface area (Å²) >= 11 is 1.71. The Morgan fingerprint density at radius 2 is 2.17 bits per heavy atom. The maximum Gasteiger partial charge on any atom is 0.110 e. The molecule has 18 heavy (non-hydrogen) atoms. The Bertz CT molecular complexity index is 515. The smallest absolute Gasteiger partial charge is 0.110 e. The third-order valence-corrected chi connectivity index (χ3v) is 4.03. The highest BCUT2D eigenvalue weighted by atomic mass is 32.1. The van der Waals surface area contributed by atoms with Gasteiger partial charge in [-0.15, -0.1) is 11.3 Å². The summed E-state index contributed by atoms with van der Waals surface area (Å²) in [5, 5.41) is 11.2. The molecule has 2 rings (SSSR count). The van der Waals surface area contributed by atoms with E-state index in [0.29, 0.717) is 0 Å². The highest BCUT2D eigenvalue weighted by Gasteiger charge is 2.10. The summed E-state index contributed by atoms with van der Waals surface area (Å²) in [6, 6.07) is 2.42. The van der Waals surface area contributed by atoms with Gasteiger partial charge in [0.15, 0.2) is 0 Å². The van der Waals surface area contributed by atoms with E-state index in [4.69, 9.17) is 0 Å². The molecule has 5 heteroatoms. The van der Waals surface area contributed by atoms with Crippen LogP contribution in [0.5, 0.6) is 0 Å². The van der Waals surface area contributed by atoms with Crippen LogP contribution < -0.4 is 5.32 Å². The van der Waals surface area contributed by atoms with E-state index in [1.54, 1.807) is 11.3 Å². The zero-order valence-corrected chi connectivity index (χ0v) is 12.2. The maximum atomic E-state index is 4.50. The van der Waals surface area contributed by atoms with Crippen molar-refractivity contribution in [2.75, 3.05) is 0 Å². The predicted octanol–water partition coefficient (Wildman–Crippen LogP) is 2.83. The van der Waals surface area contributed by atoms with Crippen molar-refractivity contribution in [1.82, 2.24) is 20.1 Å². The molecular formula is C13H20N4S. The Morgan fingerprint density at radius 3 is 2.78 bits per heavy atom. The normalized spacial score (nSPS) is 12.9. The minimum absolute atomic E-state index is 0.282. The molecule has 1 unspecified atom stereocenters. The Morgan fingerprint density at radius 1 is 1.39 bits per heavy atom. The molecule has 0 amide bonds. The van der Waals surface area contributed by atoms with Gasteiger partial charge < -0.3 is 5.32 Å². The van der Waals surface area contributed by atoms with Gasteiger partial charge in [0.25, 0.3) is 0 Å². The molecule has 0 spiro atoms. The molecule has 1 atom stereocenters. The van der Waals surface area contributed by atoms with E-state index in [9.17, 15) is 0 Å². The van der Waals surface area contributed by atoms with Crippen molar-refractivity contribution < 1.29 is 0 Å². The zero-order chi connectivity index (χ0) is 13.1. The van der Waals surface area contributed by atoms with Crippen molar-refractivity contribution in [3.63, 3.8) is 0 Å². The SMILES string of the molecule is CCn1nc(C)cc1CNC(C)c1nc(C)cs1. The third kappa shape index (κ3) is 2.97. The monoisotopic (exact) mass is 264 g/mol. The van der Waals surface area contributed by atoms with Crippen LogP contribution in [0.4, 0.5) is 0 Å². The number of rotatable bonds is 5. The van der Waals surface area contributed by atoms with Gasteiger partial charge in [-0.25, -0.2) is 4.98 Å². The van der Waals surface area contributed by atoms with Gasteiger partial charge in [-0.3, -0.25) is 4.68 Å². The first-order valence-corrected chi connectivity index (χ1v) is 7.17. The average Bonchev–Trinajstić information content (AvgIpc) is 2.92. The van der Waals surface area contributed by atoms with Crippen LogP contribution in [0.2, 0.25) is 0 Å². The second-order valence-electron chi connectivity index (χ2n) is 4.52. The lowest BCUT2D eigenvalue weighted by Crippen LogP contribution is -2.20. The zero-order valence-electron chi connectivity index (χ0n) is 11.4. The molecule has 0 bridgehead atoms. The summed E-state index contributed by atoms with van der Waals surface area (Å²) in [6.45, 7) is 10.1. The van der Waals surface area contributed by atoms with E-state index in [1.165, 1.54) is 5.69 Å². The van der Waals surface area contributed by atoms with Crippen molar-refractivity contribution in [2.24, 2.45) is 0 Å². The van der Waals surface area contributed by atoms with Crippen LogP contribution in [0, 0.1) is 13.8 Å². The fraction of sp³-hybridized carbons (Fsp3) is 0.538. The van der Waals surface area contributed by atoms with Crippen LogP contribution >= 0.6 is 11.3 Å². The molecule has 0 aromatic carbocycles.